The quantitative estimate of drug-likeness (QED) is 0.365. The first kappa shape index (κ1) is 10.7. The highest BCUT2D eigenvalue weighted by Gasteiger charge is 2.08. The summed E-state index contributed by atoms with van der Waals surface area (Å²) in [7, 11) is 3.46. The maximum atomic E-state index is 11.2. The first-order chi connectivity index (χ1) is 6.72. The highest BCUT2D eigenvalue weighted by atomic mass is 16.6. The number of ether oxygens (including phenoxy) is 2. The molecule has 5 heteroatoms. The molecule has 5 nitrogen and oxygen atoms in total. The Morgan fingerprint density at radius 1 is 1.50 bits per heavy atom. The lowest BCUT2D eigenvalue weighted by Crippen LogP contribution is -2.36. The van der Waals surface area contributed by atoms with Gasteiger partial charge < -0.3 is 9.47 Å². The highest BCUT2D eigenvalue weighted by Crippen LogP contribution is 1.82. The van der Waals surface area contributed by atoms with Crippen LogP contribution in [0.4, 0.5) is 0 Å². The number of rotatable bonds is 5. The first-order valence-corrected chi connectivity index (χ1v) is 4.38. The normalized spacial score (nSPS) is 10.1. The van der Waals surface area contributed by atoms with Crippen molar-refractivity contribution in [1.29, 1.82) is 0 Å². The summed E-state index contributed by atoms with van der Waals surface area (Å²) in [4.78, 5) is 11.2. The molecule has 14 heavy (non-hydrogen) atoms. The lowest BCUT2D eigenvalue weighted by Gasteiger charge is -2.01. The van der Waals surface area contributed by atoms with Crippen molar-refractivity contribution in [2.45, 2.75) is 6.54 Å². The van der Waals surface area contributed by atoms with Gasteiger partial charge in [-0.15, -0.1) is 0 Å². The fourth-order valence-electron chi connectivity index (χ4n) is 1.03. The van der Waals surface area contributed by atoms with E-state index in [1.807, 2.05) is 30.3 Å². The van der Waals surface area contributed by atoms with E-state index in [1.165, 1.54) is 0 Å². The molecule has 0 N–H and O–H groups in total. The number of esters is 1. The summed E-state index contributed by atoms with van der Waals surface area (Å²) in [6.07, 6.45) is 5.50. The summed E-state index contributed by atoms with van der Waals surface area (Å²) in [5.74, 6) is -0.252. The van der Waals surface area contributed by atoms with Crippen LogP contribution in [0.5, 0.6) is 0 Å². The van der Waals surface area contributed by atoms with Gasteiger partial charge in [-0.3, -0.25) is 0 Å². The van der Waals surface area contributed by atoms with Crippen LogP contribution in [0.25, 0.3) is 0 Å². The molecule has 0 saturated heterocycles. The second kappa shape index (κ2) is 5.39. The van der Waals surface area contributed by atoms with Gasteiger partial charge in [-0.25, -0.2) is 13.9 Å². The Morgan fingerprint density at radius 3 is 2.86 bits per heavy atom. The van der Waals surface area contributed by atoms with Crippen LogP contribution < -0.4 is 4.57 Å². The number of nitrogens with zero attached hydrogens (tertiary/aromatic N) is 2. The number of carbonyl (C=O) groups is 1. The van der Waals surface area contributed by atoms with E-state index in [4.69, 9.17) is 9.47 Å². The maximum Gasteiger partial charge on any atom is 0.348 e. The van der Waals surface area contributed by atoms with Gasteiger partial charge in [-0.05, 0) is 0 Å². The Balaban J connectivity index is 2.27. The third-order valence-corrected chi connectivity index (χ3v) is 1.69. The summed E-state index contributed by atoms with van der Waals surface area (Å²) in [5.41, 5.74) is 0. The van der Waals surface area contributed by atoms with Gasteiger partial charge in [0.25, 0.3) is 0 Å². The second-order valence-electron chi connectivity index (χ2n) is 2.96. The molecule has 1 aromatic heterocycles. The standard InChI is InChI=1S/C9H15N2O3/c1-10-3-4-11(8-10)7-9(12)14-6-5-13-2/h3-4,8H,5-7H2,1-2H3/q+1. The lowest BCUT2D eigenvalue weighted by molar-refractivity contribution is -0.685. The molecule has 0 spiro atoms. The molecule has 1 heterocycles. The molecule has 1 aromatic rings. The van der Waals surface area contributed by atoms with E-state index in [2.05, 4.69) is 0 Å². The Kier molecular flexibility index (Phi) is 4.12. The van der Waals surface area contributed by atoms with Crippen LogP contribution in [0.3, 0.4) is 0 Å². The third kappa shape index (κ3) is 3.57. The Bertz CT molecular complexity index is 296. The number of hydrogen-bond donors (Lipinski definition) is 0. The highest BCUT2D eigenvalue weighted by molar-refractivity contribution is 5.67. The molecule has 0 aliphatic carbocycles. The van der Waals surface area contributed by atoms with Gasteiger partial charge >= 0.3 is 5.97 Å². The Hall–Kier alpha value is -1.36. The van der Waals surface area contributed by atoms with Gasteiger partial charge in [0, 0.05) is 7.11 Å². The average Bonchev–Trinajstić information content (AvgIpc) is 2.52. The van der Waals surface area contributed by atoms with Crippen molar-refractivity contribution >= 4 is 5.97 Å². The van der Waals surface area contributed by atoms with Crippen molar-refractivity contribution < 1.29 is 18.8 Å². The molecule has 0 saturated carbocycles. The Morgan fingerprint density at radius 2 is 2.29 bits per heavy atom. The monoisotopic (exact) mass is 199 g/mol. The Labute approximate surface area is 82.9 Å². The number of imidazole rings is 1. The summed E-state index contributed by atoms with van der Waals surface area (Å²) in [6, 6.07) is 0. The predicted molar refractivity (Wildman–Crippen MR) is 48.4 cm³/mol. The summed E-state index contributed by atoms with van der Waals surface area (Å²) < 4.78 is 13.3. The zero-order chi connectivity index (χ0) is 10.4. The van der Waals surface area contributed by atoms with E-state index in [1.54, 1.807) is 11.7 Å². The van der Waals surface area contributed by atoms with E-state index in [0.29, 0.717) is 13.2 Å². The molecular formula is C9H15N2O3+. The van der Waals surface area contributed by atoms with E-state index < -0.39 is 0 Å². The number of methoxy groups -OCH3 is 1. The topological polar surface area (TPSA) is 44.3 Å². The zero-order valence-corrected chi connectivity index (χ0v) is 8.47. The number of aromatic nitrogens is 2. The van der Waals surface area contributed by atoms with Crippen LogP contribution in [0.2, 0.25) is 0 Å². The number of carbonyl (C=O) groups excluding carboxylic acids is 1. The molecule has 0 bridgehead atoms. The van der Waals surface area contributed by atoms with Crippen molar-refractivity contribution in [3.05, 3.63) is 18.7 Å². The summed E-state index contributed by atoms with van der Waals surface area (Å²) in [5, 5.41) is 0. The van der Waals surface area contributed by atoms with Crippen molar-refractivity contribution in [3.63, 3.8) is 0 Å². The van der Waals surface area contributed by atoms with Crippen LogP contribution in [-0.4, -0.2) is 30.9 Å². The molecule has 0 aliphatic heterocycles. The molecule has 0 aromatic carbocycles. The fraction of sp³-hybridized carbons (Fsp3) is 0.556. The van der Waals surface area contributed by atoms with E-state index in [-0.39, 0.29) is 12.5 Å². The van der Waals surface area contributed by atoms with Crippen molar-refractivity contribution in [2.24, 2.45) is 7.05 Å². The predicted octanol–water partition coefficient (Wildman–Crippen LogP) is -0.498. The number of aryl methyl sites for hydroxylation is 1. The van der Waals surface area contributed by atoms with E-state index in [0.717, 1.165) is 0 Å². The molecule has 0 amide bonds. The largest absolute Gasteiger partial charge is 0.460 e. The molecule has 1 rings (SSSR count). The maximum absolute atomic E-state index is 11.2. The minimum atomic E-state index is -0.252. The van der Waals surface area contributed by atoms with Gasteiger partial charge in [0.15, 0.2) is 6.54 Å². The smallest absolute Gasteiger partial charge is 0.348 e. The van der Waals surface area contributed by atoms with Crippen LogP contribution in [0.15, 0.2) is 18.7 Å². The molecule has 0 aliphatic rings. The fourth-order valence-corrected chi connectivity index (χ4v) is 1.03. The molecule has 78 valence electrons. The minimum Gasteiger partial charge on any atom is -0.460 e. The third-order valence-electron chi connectivity index (χ3n) is 1.69. The van der Waals surface area contributed by atoms with Gasteiger partial charge in [0.05, 0.1) is 13.7 Å². The van der Waals surface area contributed by atoms with Crippen LogP contribution in [0, 0.1) is 0 Å². The summed E-state index contributed by atoms with van der Waals surface area (Å²) >= 11 is 0. The molecule has 0 atom stereocenters. The zero-order valence-electron chi connectivity index (χ0n) is 8.47. The number of hydrogen-bond acceptors (Lipinski definition) is 3. The summed E-state index contributed by atoms with van der Waals surface area (Å²) in [6.45, 7) is 0.985. The van der Waals surface area contributed by atoms with Crippen LogP contribution in [-0.2, 0) is 27.9 Å². The average molecular weight is 199 g/mol. The van der Waals surface area contributed by atoms with Gasteiger partial charge in [-0.1, -0.05) is 0 Å². The molecular weight excluding hydrogens is 184 g/mol. The molecule has 0 fully saturated rings. The SMILES string of the molecule is COCCOC(=O)C[n+]1ccn(C)c1. The molecule has 0 radical (unpaired) electrons. The second-order valence-corrected chi connectivity index (χ2v) is 2.96. The van der Waals surface area contributed by atoms with Crippen molar-refractivity contribution in [1.82, 2.24) is 4.57 Å². The van der Waals surface area contributed by atoms with Gasteiger partial charge in [-0.2, -0.15) is 0 Å². The lowest BCUT2D eigenvalue weighted by atomic mass is 10.6. The van der Waals surface area contributed by atoms with Crippen LogP contribution in [0.1, 0.15) is 0 Å². The van der Waals surface area contributed by atoms with Crippen LogP contribution >= 0.6 is 0 Å². The van der Waals surface area contributed by atoms with Gasteiger partial charge in [0.1, 0.15) is 19.0 Å². The van der Waals surface area contributed by atoms with E-state index in [9.17, 15) is 4.79 Å². The van der Waals surface area contributed by atoms with Crippen molar-refractivity contribution in [3.8, 4) is 0 Å². The van der Waals surface area contributed by atoms with E-state index >= 15 is 0 Å². The minimum absolute atomic E-state index is 0.241. The first-order valence-electron chi connectivity index (χ1n) is 4.38. The van der Waals surface area contributed by atoms with Crippen molar-refractivity contribution in [2.75, 3.05) is 20.3 Å². The van der Waals surface area contributed by atoms with Gasteiger partial charge in [0.2, 0.25) is 6.33 Å². The molecule has 0 unspecified atom stereocenters.